The fourth-order valence-electron chi connectivity index (χ4n) is 8.91. The molecule has 0 rings (SSSR count). The Labute approximate surface area is 458 Å². The Balaban J connectivity index is 4.27. The Morgan fingerprint density at radius 2 is 0.527 bits per heavy atom. The van der Waals surface area contributed by atoms with Crippen molar-refractivity contribution in [3.05, 3.63) is 85.1 Å². The number of ether oxygens (including phenoxy) is 3. The minimum Gasteiger partial charge on any atom is -0.462 e. The Bertz CT molecular complexity index is 1420. The van der Waals surface area contributed by atoms with Crippen molar-refractivity contribution in [3.63, 3.8) is 0 Å². The fraction of sp³-hybridized carbons (Fsp3) is 0.750. The molecule has 0 bridgehead atoms. The van der Waals surface area contributed by atoms with Crippen LogP contribution in [-0.4, -0.2) is 37.2 Å². The van der Waals surface area contributed by atoms with Crippen molar-refractivity contribution >= 4 is 17.9 Å². The molecular weight excluding hydrogens is 913 g/mol. The molecule has 6 heteroatoms. The first-order valence-corrected chi connectivity index (χ1v) is 31.6. The summed E-state index contributed by atoms with van der Waals surface area (Å²) < 4.78 is 16.9. The van der Waals surface area contributed by atoms with Crippen molar-refractivity contribution in [2.24, 2.45) is 0 Å². The normalized spacial score (nSPS) is 12.6. The molecule has 0 aromatic heterocycles. The molecule has 0 aliphatic rings. The van der Waals surface area contributed by atoms with E-state index in [4.69, 9.17) is 14.2 Å². The molecule has 0 aromatic rings. The number of allylic oxidation sites excluding steroid dienone is 14. The first kappa shape index (κ1) is 70.6. The van der Waals surface area contributed by atoms with Crippen LogP contribution in [0.15, 0.2) is 85.1 Å². The molecule has 0 fully saturated rings. The predicted octanol–water partition coefficient (Wildman–Crippen LogP) is 21.5. The molecule has 0 spiro atoms. The van der Waals surface area contributed by atoms with E-state index in [0.29, 0.717) is 19.3 Å². The summed E-state index contributed by atoms with van der Waals surface area (Å²) in [5, 5.41) is 0. The molecule has 0 heterocycles. The van der Waals surface area contributed by atoms with E-state index in [0.717, 1.165) is 103 Å². The molecule has 0 aromatic carbocycles. The molecule has 0 N–H and O–H groups in total. The Morgan fingerprint density at radius 3 is 0.851 bits per heavy atom. The second kappa shape index (κ2) is 62.1. The van der Waals surface area contributed by atoms with Crippen molar-refractivity contribution in [2.75, 3.05) is 13.2 Å². The van der Waals surface area contributed by atoms with Crippen molar-refractivity contribution in [2.45, 2.75) is 316 Å². The van der Waals surface area contributed by atoms with Crippen LogP contribution < -0.4 is 0 Å². The van der Waals surface area contributed by atoms with Crippen LogP contribution >= 0.6 is 0 Å². The Kier molecular flexibility index (Phi) is 59.3. The van der Waals surface area contributed by atoms with Crippen LogP contribution in [0.5, 0.6) is 0 Å². The van der Waals surface area contributed by atoms with Crippen molar-refractivity contribution < 1.29 is 28.6 Å². The van der Waals surface area contributed by atoms with E-state index in [-0.39, 0.29) is 31.1 Å². The summed E-state index contributed by atoms with van der Waals surface area (Å²) >= 11 is 0. The van der Waals surface area contributed by atoms with Crippen LogP contribution in [0.4, 0.5) is 0 Å². The second-order valence-electron chi connectivity index (χ2n) is 20.9. The summed E-state index contributed by atoms with van der Waals surface area (Å²) in [6.45, 7) is 6.52. The van der Waals surface area contributed by atoms with Gasteiger partial charge >= 0.3 is 17.9 Å². The van der Waals surface area contributed by atoms with E-state index in [2.05, 4.69) is 106 Å². The van der Waals surface area contributed by atoms with Gasteiger partial charge in [-0.15, -0.1) is 0 Å². The molecule has 6 nitrogen and oxygen atoms in total. The van der Waals surface area contributed by atoms with Crippen molar-refractivity contribution in [3.8, 4) is 0 Å². The maximum absolute atomic E-state index is 12.9. The van der Waals surface area contributed by atoms with E-state index in [9.17, 15) is 14.4 Å². The highest BCUT2D eigenvalue weighted by Crippen LogP contribution is 2.16. The molecule has 0 saturated heterocycles. The SMILES string of the molecule is CC/C=C\C/C=C\C/C=C\C/C=C\C/C=C\CCCCCCCCCCCCCC(=O)OCC(COC(=O)CCCCCCCCCCCCCC)OC(=O)CCCCCCCCC/C=C\C/C=C\CCCCC. The van der Waals surface area contributed by atoms with Gasteiger partial charge in [0.05, 0.1) is 0 Å². The zero-order valence-corrected chi connectivity index (χ0v) is 48.8. The standard InChI is InChI=1S/C68H118O6/c1-4-7-10-13-16-19-22-25-27-29-30-31-32-33-34-35-36-37-38-40-41-43-46-49-52-55-58-61-67(70)73-64-65(63-72-66(69)60-57-54-51-48-45-24-21-18-15-12-9-6-3)74-68(71)62-59-56-53-50-47-44-42-39-28-26-23-20-17-14-11-8-5-2/h7,10,16-17,19-20,25-28,30-31,33-34,65H,4-6,8-9,11-15,18,21-24,29,32,35-64H2,1-3H3/b10-7-,19-16-,20-17-,27-25-,28-26-,31-30-,34-33-. The molecule has 0 aliphatic heterocycles. The minimum absolute atomic E-state index is 0.0772. The lowest BCUT2D eigenvalue weighted by atomic mass is 10.0. The minimum atomic E-state index is -0.780. The molecule has 0 saturated carbocycles. The zero-order valence-electron chi connectivity index (χ0n) is 48.8. The average molecular weight is 1030 g/mol. The summed E-state index contributed by atoms with van der Waals surface area (Å²) in [4.78, 5) is 38.2. The van der Waals surface area contributed by atoms with Gasteiger partial charge in [0.1, 0.15) is 13.2 Å². The van der Waals surface area contributed by atoms with E-state index in [1.54, 1.807) is 0 Å². The van der Waals surface area contributed by atoms with Gasteiger partial charge in [-0.25, -0.2) is 0 Å². The molecule has 0 aliphatic carbocycles. The monoisotopic (exact) mass is 1030 g/mol. The molecule has 0 radical (unpaired) electrons. The van der Waals surface area contributed by atoms with E-state index < -0.39 is 6.10 Å². The highest BCUT2D eigenvalue weighted by Gasteiger charge is 2.19. The number of carbonyl (C=O) groups is 3. The third-order valence-electron chi connectivity index (χ3n) is 13.6. The van der Waals surface area contributed by atoms with Gasteiger partial charge in [0, 0.05) is 19.3 Å². The molecule has 1 atom stereocenters. The highest BCUT2D eigenvalue weighted by atomic mass is 16.6. The summed E-state index contributed by atoms with van der Waals surface area (Å²) in [6.07, 6.45) is 81.5. The lowest BCUT2D eigenvalue weighted by Crippen LogP contribution is -2.30. The molecule has 1 unspecified atom stereocenters. The quantitative estimate of drug-likeness (QED) is 0.0261. The lowest BCUT2D eigenvalue weighted by molar-refractivity contribution is -0.167. The van der Waals surface area contributed by atoms with Gasteiger partial charge in [-0.05, 0) is 96.3 Å². The summed E-state index contributed by atoms with van der Waals surface area (Å²) in [5.41, 5.74) is 0. The molecule has 0 amide bonds. The molecular formula is C68H118O6. The topological polar surface area (TPSA) is 78.9 Å². The van der Waals surface area contributed by atoms with E-state index in [1.165, 1.54) is 167 Å². The van der Waals surface area contributed by atoms with Crippen LogP contribution in [0.3, 0.4) is 0 Å². The van der Waals surface area contributed by atoms with Crippen molar-refractivity contribution in [1.29, 1.82) is 0 Å². The third kappa shape index (κ3) is 59.5. The number of unbranched alkanes of at least 4 members (excludes halogenated alkanes) is 32. The number of esters is 3. The van der Waals surface area contributed by atoms with Gasteiger partial charge in [0.15, 0.2) is 6.10 Å². The predicted molar refractivity (Wildman–Crippen MR) is 321 cm³/mol. The van der Waals surface area contributed by atoms with E-state index >= 15 is 0 Å². The van der Waals surface area contributed by atoms with Gasteiger partial charge in [-0.3, -0.25) is 14.4 Å². The molecule has 74 heavy (non-hydrogen) atoms. The molecule has 426 valence electrons. The second-order valence-corrected chi connectivity index (χ2v) is 20.9. The number of carbonyl (C=O) groups excluding carboxylic acids is 3. The first-order valence-electron chi connectivity index (χ1n) is 31.6. The Morgan fingerprint density at radius 1 is 0.284 bits per heavy atom. The Hall–Kier alpha value is -3.41. The summed E-state index contributed by atoms with van der Waals surface area (Å²) in [5.74, 6) is -0.877. The van der Waals surface area contributed by atoms with Gasteiger partial charge in [0.25, 0.3) is 0 Å². The van der Waals surface area contributed by atoms with Gasteiger partial charge in [-0.2, -0.15) is 0 Å². The summed E-state index contributed by atoms with van der Waals surface area (Å²) in [7, 11) is 0. The summed E-state index contributed by atoms with van der Waals surface area (Å²) in [6, 6.07) is 0. The maximum atomic E-state index is 12.9. The first-order chi connectivity index (χ1) is 36.5. The number of hydrogen-bond donors (Lipinski definition) is 0. The van der Waals surface area contributed by atoms with Gasteiger partial charge in [-0.1, -0.05) is 279 Å². The van der Waals surface area contributed by atoms with Crippen LogP contribution in [0, 0.1) is 0 Å². The van der Waals surface area contributed by atoms with Crippen LogP contribution in [0.25, 0.3) is 0 Å². The smallest absolute Gasteiger partial charge is 0.306 e. The van der Waals surface area contributed by atoms with Crippen LogP contribution in [0.1, 0.15) is 310 Å². The lowest BCUT2D eigenvalue weighted by Gasteiger charge is -2.18. The maximum Gasteiger partial charge on any atom is 0.306 e. The van der Waals surface area contributed by atoms with Crippen LogP contribution in [-0.2, 0) is 28.6 Å². The largest absolute Gasteiger partial charge is 0.462 e. The third-order valence-corrected chi connectivity index (χ3v) is 13.6. The average Bonchev–Trinajstić information content (AvgIpc) is 3.40. The number of hydrogen-bond acceptors (Lipinski definition) is 6. The van der Waals surface area contributed by atoms with E-state index in [1.807, 2.05) is 0 Å². The highest BCUT2D eigenvalue weighted by molar-refractivity contribution is 5.71. The fourth-order valence-corrected chi connectivity index (χ4v) is 8.91. The van der Waals surface area contributed by atoms with Gasteiger partial charge in [0.2, 0.25) is 0 Å². The van der Waals surface area contributed by atoms with Crippen LogP contribution in [0.2, 0.25) is 0 Å². The van der Waals surface area contributed by atoms with Gasteiger partial charge < -0.3 is 14.2 Å². The van der Waals surface area contributed by atoms with Crippen molar-refractivity contribution in [1.82, 2.24) is 0 Å². The zero-order chi connectivity index (χ0) is 53.6. The number of rotatable bonds is 57.